The first kappa shape index (κ1) is 19.4. The molecule has 4 rings (SSSR count). The monoisotopic (exact) mass is 393 g/mol. The highest BCUT2D eigenvalue weighted by Gasteiger charge is 2.52. The van der Waals surface area contributed by atoms with Crippen LogP contribution in [0.15, 0.2) is 42.5 Å². The van der Waals surface area contributed by atoms with Crippen LogP contribution in [0.1, 0.15) is 45.4 Å². The van der Waals surface area contributed by atoms with Gasteiger partial charge < -0.3 is 10.2 Å². The standard InChI is InChI=1S/C23H27N3O3/c1-2-15-25(19-11-7-9-17-8-3-4-10-18(17)19)20(27)12-16-26-21(28)23(24-22(26)29)13-5-6-14-23/h3-4,7-11H,2,5-6,12-16H2,1H3,(H,24,29). The summed E-state index contributed by atoms with van der Waals surface area (Å²) in [5.74, 6) is -0.240. The molecule has 1 spiro atoms. The molecule has 1 saturated carbocycles. The highest BCUT2D eigenvalue weighted by Crippen LogP contribution is 2.35. The lowest BCUT2D eigenvalue weighted by molar-refractivity contribution is -0.131. The Hall–Kier alpha value is -2.89. The smallest absolute Gasteiger partial charge is 0.323 e. The normalized spacial score (nSPS) is 17.9. The number of carbonyl (C=O) groups excluding carboxylic acids is 3. The molecular formula is C23H27N3O3. The van der Waals surface area contributed by atoms with E-state index in [2.05, 4.69) is 5.32 Å². The number of nitrogens with one attached hydrogen (secondary N) is 1. The maximum absolute atomic E-state index is 13.1. The van der Waals surface area contributed by atoms with E-state index in [-0.39, 0.29) is 30.8 Å². The molecule has 0 bridgehead atoms. The van der Waals surface area contributed by atoms with E-state index in [9.17, 15) is 14.4 Å². The third-order valence-electron chi connectivity index (χ3n) is 6.06. The van der Waals surface area contributed by atoms with Crippen LogP contribution in [0.3, 0.4) is 0 Å². The van der Waals surface area contributed by atoms with E-state index in [4.69, 9.17) is 0 Å². The highest BCUT2D eigenvalue weighted by atomic mass is 16.2. The van der Waals surface area contributed by atoms with E-state index in [1.165, 1.54) is 4.90 Å². The van der Waals surface area contributed by atoms with Crippen LogP contribution in [-0.4, -0.2) is 41.4 Å². The fraction of sp³-hybridized carbons (Fsp3) is 0.435. The summed E-state index contributed by atoms with van der Waals surface area (Å²) in [7, 11) is 0. The van der Waals surface area contributed by atoms with Crippen LogP contribution in [0.4, 0.5) is 10.5 Å². The van der Waals surface area contributed by atoms with E-state index in [1.807, 2.05) is 49.4 Å². The number of anilines is 1. The third kappa shape index (κ3) is 3.48. The van der Waals surface area contributed by atoms with Gasteiger partial charge in [-0.05, 0) is 30.7 Å². The van der Waals surface area contributed by atoms with Gasteiger partial charge in [0.25, 0.3) is 5.91 Å². The number of urea groups is 1. The first-order valence-corrected chi connectivity index (χ1v) is 10.5. The summed E-state index contributed by atoms with van der Waals surface area (Å²) in [6, 6.07) is 13.6. The Morgan fingerprint density at radius 1 is 1.10 bits per heavy atom. The van der Waals surface area contributed by atoms with E-state index in [0.717, 1.165) is 35.7 Å². The number of amides is 4. The van der Waals surface area contributed by atoms with Crippen LogP contribution in [0.2, 0.25) is 0 Å². The molecule has 1 aliphatic heterocycles. The first-order valence-electron chi connectivity index (χ1n) is 10.5. The zero-order chi connectivity index (χ0) is 20.4. The summed E-state index contributed by atoms with van der Waals surface area (Å²) in [4.78, 5) is 41.3. The van der Waals surface area contributed by atoms with Gasteiger partial charge in [-0.25, -0.2) is 4.79 Å². The molecule has 6 nitrogen and oxygen atoms in total. The quantitative estimate of drug-likeness (QED) is 0.758. The molecule has 2 aromatic rings. The SMILES string of the molecule is CCCN(C(=O)CCN1C(=O)NC2(CCCC2)C1=O)c1cccc2ccccc12. The summed E-state index contributed by atoms with van der Waals surface area (Å²) in [5.41, 5.74) is 0.151. The van der Waals surface area contributed by atoms with Crippen molar-refractivity contribution in [2.75, 3.05) is 18.0 Å². The summed E-state index contributed by atoms with van der Waals surface area (Å²) < 4.78 is 0. The highest BCUT2D eigenvalue weighted by molar-refractivity contribution is 6.08. The molecule has 6 heteroatoms. The van der Waals surface area contributed by atoms with Crippen molar-refractivity contribution in [3.63, 3.8) is 0 Å². The number of hydrogen-bond acceptors (Lipinski definition) is 3. The lowest BCUT2D eigenvalue weighted by Gasteiger charge is -2.25. The minimum absolute atomic E-state index is 0.0730. The zero-order valence-corrected chi connectivity index (χ0v) is 16.8. The summed E-state index contributed by atoms with van der Waals surface area (Å²) in [5, 5.41) is 4.98. The molecule has 0 atom stereocenters. The van der Waals surface area contributed by atoms with Gasteiger partial charge in [0.05, 0.1) is 5.69 Å². The third-order valence-corrected chi connectivity index (χ3v) is 6.06. The second kappa shape index (κ2) is 7.85. The van der Waals surface area contributed by atoms with Crippen LogP contribution in [0, 0.1) is 0 Å². The summed E-state index contributed by atoms with van der Waals surface area (Å²) in [6.07, 6.45) is 4.23. The Kier molecular flexibility index (Phi) is 5.26. The molecule has 2 fully saturated rings. The summed E-state index contributed by atoms with van der Waals surface area (Å²) >= 11 is 0. The van der Waals surface area contributed by atoms with Gasteiger partial charge in [-0.2, -0.15) is 0 Å². The average Bonchev–Trinajstić information content (AvgIpc) is 3.29. The minimum atomic E-state index is -0.723. The van der Waals surface area contributed by atoms with E-state index in [1.54, 1.807) is 4.90 Å². The fourth-order valence-electron chi connectivity index (χ4n) is 4.59. The molecule has 0 radical (unpaired) electrons. The minimum Gasteiger partial charge on any atom is -0.323 e. The van der Waals surface area contributed by atoms with Crippen molar-refractivity contribution in [1.29, 1.82) is 0 Å². The van der Waals surface area contributed by atoms with E-state index < -0.39 is 5.54 Å². The van der Waals surface area contributed by atoms with Gasteiger partial charge in [-0.15, -0.1) is 0 Å². The number of fused-ring (bicyclic) bond motifs is 1. The Labute approximate surface area is 170 Å². The van der Waals surface area contributed by atoms with E-state index in [0.29, 0.717) is 19.4 Å². The topological polar surface area (TPSA) is 69.7 Å². The maximum Gasteiger partial charge on any atom is 0.325 e. The molecular weight excluding hydrogens is 366 g/mol. The molecule has 2 aliphatic rings. The number of carbonyl (C=O) groups is 3. The molecule has 152 valence electrons. The second-order valence-corrected chi connectivity index (χ2v) is 7.97. The molecule has 1 heterocycles. The first-order chi connectivity index (χ1) is 14.1. The lowest BCUT2D eigenvalue weighted by Crippen LogP contribution is -2.44. The fourth-order valence-corrected chi connectivity index (χ4v) is 4.59. The van der Waals surface area contributed by atoms with Gasteiger partial charge in [0.2, 0.25) is 5.91 Å². The van der Waals surface area contributed by atoms with Crippen molar-refractivity contribution < 1.29 is 14.4 Å². The average molecular weight is 393 g/mol. The van der Waals surface area contributed by atoms with Gasteiger partial charge >= 0.3 is 6.03 Å². The van der Waals surface area contributed by atoms with Crippen molar-refractivity contribution in [1.82, 2.24) is 10.2 Å². The number of rotatable bonds is 6. The van der Waals surface area contributed by atoms with Gasteiger partial charge in [-0.1, -0.05) is 56.2 Å². The molecule has 0 aromatic heterocycles. The van der Waals surface area contributed by atoms with Crippen molar-refractivity contribution in [2.24, 2.45) is 0 Å². The molecule has 4 amide bonds. The van der Waals surface area contributed by atoms with Gasteiger partial charge in [0, 0.05) is 24.9 Å². The molecule has 29 heavy (non-hydrogen) atoms. The van der Waals surface area contributed by atoms with Crippen molar-refractivity contribution in [3.8, 4) is 0 Å². The van der Waals surface area contributed by atoms with Crippen LogP contribution in [-0.2, 0) is 9.59 Å². The van der Waals surface area contributed by atoms with Crippen LogP contribution in [0.5, 0.6) is 0 Å². The predicted molar refractivity (Wildman–Crippen MR) is 113 cm³/mol. The van der Waals surface area contributed by atoms with Crippen molar-refractivity contribution >= 4 is 34.3 Å². The second-order valence-electron chi connectivity index (χ2n) is 7.97. The Morgan fingerprint density at radius 3 is 2.59 bits per heavy atom. The number of imide groups is 1. The van der Waals surface area contributed by atoms with Crippen molar-refractivity contribution in [2.45, 2.75) is 51.0 Å². The Bertz CT molecular complexity index is 944. The maximum atomic E-state index is 13.1. The number of nitrogens with zero attached hydrogens (tertiary/aromatic N) is 2. The Morgan fingerprint density at radius 2 is 1.83 bits per heavy atom. The number of hydrogen-bond donors (Lipinski definition) is 1. The lowest BCUT2D eigenvalue weighted by atomic mass is 9.98. The van der Waals surface area contributed by atoms with E-state index >= 15 is 0 Å². The predicted octanol–water partition coefficient (Wildman–Crippen LogP) is 3.84. The van der Waals surface area contributed by atoms with Crippen LogP contribution >= 0.6 is 0 Å². The molecule has 2 aromatic carbocycles. The molecule has 1 N–H and O–H groups in total. The Balaban J connectivity index is 1.51. The molecule has 1 aliphatic carbocycles. The van der Waals surface area contributed by atoms with Crippen LogP contribution in [0.25, 0.3) is 10.8 Å². The number of benzene rings is 2. The largest absolute Gasteiger partial charge is 0.325 e. The molecule has 0 unspecified atom stereocenters. The van der Waals surface area contributed by atoms with Crippen LogP contribution < -0.4 is 10.2 Å². The molecule has 1 saturated heterocycles. The van der Waals surface area contributed by atoms with Gasteiger partial charge in [0.1, 0.15) is 5.54 Å². The zero-order valence-electron chi connectivity index (χ0n) is 16.8. The summed E-state index contributed by atoms with van der Waals surface area (Å²) in [6.45, 7) is 2.75. The van der Waals surface area contributed by atoms with Gasteiger partial charge in [0.15, 0.2) is 0 Å². The van der Waals surface area contributed by atoms with Crippen molar-refractivity contribution in [3.05, 3.63) is 42.5 Å². The van der Waals surface area contributed by atoms with Gasteiger partial charge in [-0.3, -0.25) is 14.5 Å².